The zero-order valence-electron chi connectivity index (χ0n) is 18.8. The summed E-state index contributed by atoms with van der Waals surface area (Å²) in [5.74, 6) is 0.661. The van der Waals surface area contributed by atoms with Crippen molar-refractivity contribution in [3.63, 3.8) is 0 Å². The monoisotopic (exact) mass is 436 g/mol. The molecule has 2 amide bonds. The number of nitrogens with zero attached hydrogens (tertiary/aromatic N) is 1. The molecule has 0 spiro atoms. The van der Waals surface area contributed by atoms with Crippen molar-refractivity contribution in [1.29, 1.82) is 0 Å². The number of nitrogens with one attached hydrogen (secondary N) is 3. The lowest BCUT2D eigenvalue weighted by atomic mass is 9.76. The minimum absolute atomic E-state index is 0.0444. The molecular formula is C25H32N4O3. The van der Waals surface area contributed by atoms with Gasteiger partial charge in [-0.3, -0.25) is 9.59 Å². The van der Waals surface area contributed by atoms with Crippen LogP contribution in [-0.2, 0) is 4.79 Å². The minimum atomic E-state index is -0.436. The first-order chi connectivity index (χ1) is 15.5. The highest BCUT2D eigenvalue weighted by atomic mass is 16.5. The summed E-state index contributed by atoms with van der Waals surface area (Å²) in [7, 11) is 1.87. The number of carbonyl (C=O) groups is 2. The molecule has 2 heterocycles. The van der Waals surface area contributed by atoms with Crippen molar-refractivity contribution in [2.45, 2.75) is 24.9 Å². The Hall–Kier alpha value is -2.90. The SMILES string of the molecule is CNCCOc1cccc(C(=O)N2C[C@]3(NC(C)=O)CCNC[C@@H]3[C@H]2c2ccccc2)c1. The van der Waals surface area contributed by atoms with Gasteiger partial charge in [0.1, 0.15) is 12.4 Å². The van der Waals surface area contributed by atoms with Crippen molar-refractivity contribution in [2.75, 3.05) is 39.8 Å². The van der Waals surface area contributed by atoms with Crippen molar-refractivity contribution >= 4 is 11.8 Å². The average molecular weight is 437 g/mol. The fraction of sp³-hybridized carbons (Fsp3) is 0.440. The van der Waals surface area contributed by atoms with E-state index in [-0.39, 0.29) is 23.8 Å². The highest BCUT2D eigenvalue weighted by Gasteiger charge is 2.55. The van der Waals surface area contributed by atoms with E-state index in [2.05, 4.69) is 28.1 Å². The number of amides is 2. The van der Waals surface area contributed by atoms with Gasteiger partial charge in [-0.2, -0.15) is 0 Å². The average Bonchev–Trinajstić information content (AvgIpc) is 3.13. The smallest absolute Gasteiger partial charge is 0.254 e. The molecule has 2 fully saturated rings. The van der Waals surface area contributed by atoms with Gasteiger partial charge in [0.05, 0.1) is 11.6 Å². The number of likely N-dealkylation sites (N-methyl/N-ethyl adjacent to an activating group) is 1. The van der Waals surface area contributed by atoms with Gasteiger partial charge < -0.3 is 25.6 Å². The van der Waals surface area contributed by atoms with E-state index in [0.29, 0.717) is 24.5 Å². The lowest BCUT2D eigenvalue weighted by Gasteiger charge is -2.40. The number of rotatable bonds is 7. The third kappa shape index (κ3) is 4.49. The summed E-state index contributed by atoms with van der Waals surface area (Å²) in [4.78, 5) is 27.9. The maximum atomic E-state index is 13.8. The van der Waals surface area contributed by atoms with E-state index in [1.54, 1.807) is 6.92 Å². The van der Waals surface area contributed by atoms with Gasteiger partial charge in [-0.1, -0.05) is 36.4 Å². The Morgan fingerprint density at radius 2 is 2.00 bits per heavy atom. The summed E-state index contributed by atoms with van der Waals surface area (Å²) in [6.45, 7) is 4.87. The third-order valence-electron chi connectivity index (χ3n) is 6.52. The van der Waals surface area contributed by atoms with Crippen LogP contribution in [0.3, 0.4) is 0 Å². The van der Waals surface area contributed by atoms with E-state index in [4.69, 9.17) is 4.74 Å². The van der Waals surface area contributed by atoms with Gasteiger partial charge in [0, 0.05) is 38.0 Å². The molecule has 0 aliphatic carbocycles. The van der Waals surface area contributed by atoms with Crippen LogP contribution in [-0.4, -0.2) is 62.1 Å². The fourth-order valence-corrected chi connectivity index (χ4v) is 5.14. The Labute approximate surface area is 189 Å². The molecule has 7 heteroatoms. The Kier molecular flexibility index (Phi) is 6.77. The zero-order chi connectivity index (χ0) is 22.6. The van der Waals surface area contributed by atoms with Crippen molar-refractivity contribution in [1.82, 2.24) is 20.9 Å². The largest absolute Gasteiger partial charge is 0.492 e. The lowest BCUT2D eigenvalue weighted by molar-refractivity contribution is -0.121. The number of hydrogen-bond acceptors (Lipinski definition) is 5. The Bertz CT molecular complexity index is 951. The second-order valence-corrected chi connectivity index (χ2v) is 8.67. The molecule has 0 radical (unpaired) electrons. The lowest BCUT2D eigenvalue weighted by Crippen LogP contribution is -2.60. The number of ether oxygens (including phenoxy) is 1. The number of benzene rings is 2. The Balaban J connectivity index is 1.68. The summed E-state index contributed by atoms with van der Waals surface area (Å²) in [5.41, 5.74) is 1.24. The number of fused-ring (bicyclic) bond motifs is 1. The molecule has 0 saturated carbocycles. The van der Waals surface area contributed by atoms with E-state index in [0.717, 1.165) is 31.6 Å². The van der Waals surface area contributed by atoms with Crippen LogP contribution in [0.25, 0.3) is 0 Å². The molecule has 2 aliphatic heterocycles. The van der Waals surface area contributed by atoms with Gasteiger partial charge >= 0.3 is 0 Å². The predicted octanol–water partition coefficient (Wildman–Crippen LogP) is 1.97. The molecule has 0 unspecified atom stereocenters. The fourth-order valence-electron chi connectivity index (χ4n) is 5.14. The highest BCUT2D eigenvalue weighted by Crippen LogP contribution is 2.46. The van der Waals surface area contributed by atoms with E-state index >= 15 is 0 Å². The van der Waals surface area contributed by atoms with E-state index in [1.807, 2.05) is 54.4 Å². The van der Waals surface area contributed by atoms with Crippen LogP contribution < -0.4 is 20.7 Å². The molecule has 7 nitrogen and oxygen atoms in total. The number of likely N-dealkylation sites (tertiary alicyclic amines) is 1. The summed E-state index contributed by atoms with van der Waals surface area (Å²) in [6, 6.07) is 17.4. The Morgan fingerprint density at radius 1 is 1.19 bits per heavy atom. The highest BCUT2D eigenvalue weighted by molar-refractivity contribution is 5.95. The van der Waals surface area contributed by atoms with Crippen LogP contribution in [0.4, 0.5) is 0 Å². The molecule has 0 aromatic heterocycles. The van der Waals surface area contributed by atoms with Gasteiger partial charge in [0.25, 0.3) is 5.91 Å². The predicted molar refractivity (Wildman–Crippen MR) is 124 cm³/mol. The second-order valence-electron chi connectivity index (χ2n) is 8.67. The molecule has 2 aromatic rings. The second kappa shape index (κ2) is 9.71. The van der Waals surface area contributed by atoms with Crippen LogP contribution in [0.1, 0.15) is 35.3 Å². The summed E-state index contributed by atoms with van der Waals surface area (Å²) >= 11 is 0. The van der Waals surface area contributed by atoms with Crippen LogP contribution in [0.15, 0.2) is 54.6 Å². The Morgan fingerprint density at radius 3 is 2.75 bits per heavy atom. The minimum Gasteiger partial charge on any atom is -0.492 e. The van der Waals surface area contributed by atoms with Gasteiger partial charge in [0.15, 0.2) is 0 Å². The molecule has 4 rings (SSSR count). The molecule has 0 bridgehead atoms. The molecule has 32 heavy (non-hydrogen) atoms. The normalized spacial score (nSPS) is 24.6. The van der Waals surface area contributed by atoms with Crippen LogP contribution in [0.2, 0.25) is 0 Å². The standard InChI is InChI=1S/C25H32N4O3/c1-18(30)28-25-11-12-27-16-22(25)23(19-7-4-3-5-8-19)29(17-25)24(31)20-9-6-10-21(15-20)32-14-13-26-2/h3-10,15,22-23,26-27H,11-14,16-17H2,1-2H3,(H,28,30)/t22-,23-,25-/m1/s1. The molecule has 170 valence electrons. The number of carbonyl (C=O) groups excluding carboxylic acids is 2. The molecule has 2 aliphatic rings. The van der Waals surface area contributed by atoms with Gasteiger partial charge in [0.2, 0.25) is 5.91 Å². The van der Waals surface area contributed by atoms with Crippen LogP contribution >= 0.6 is 0 Å². The first kappa shape index (κ1) is 22.3. The maximum absolute atomic E-state index is 13.8. The number of piperidine rings is 1. The summed E-state index contributed by atoms with van der Waals surface area (Å²) < 4.78 is 5.78. The molecule has 3 atom stereocenters. The van der Waals surface area contributed by atoms with E-state index < -0.39 is 5.54 Å². The molecular weight excluding hydrogens is 404 g/mol. The summed E-state index contributed by atoms with van der Waals surface area (Å²) in [5, 5.41) is 9.76. The zero-order valence-corrected chi connectivity index (χ0v) is 18.8. The molecule has 2 aromatic carbocycles. The van der Waals surface area contributed by atoms with Crippen molar-refractivity contribution in [3.8, 4) is 5.75 Å². The van der Waals surface area contributed by atoms with Gasteiger partial charge in [-0.25, -0.2) is 0 Å². The third-order valence-corrected chi connectivity index (χ3v) is 6.52. The van der Waals surface area contributed by atoms with E-state index in [1.165, 1.54) is 0 Å². The molecule has 3 N–H and O–H groups in total. The first-order valence-corrected chi connectivity index (χ1v) is 11.3. The van der Waals surface area contributed by atoms with Crippen molar-refractivity contribution in [2.24, 2.45) is 5.92 Å². The van der Waals surface area contributed by atoms with Gasteiger partial charge in [-0.05, 0) is 43.8 Å². The van der Waals surface area contributed by atoms with Crippen molar-refractivity contribution < 1.29 is 14.3 Å². The van der Waals surface area contributed by atoms with Gasteiger partial charge in [-0.15, -0.1) is 0 Å². The quantitative estimate of drug-likeness (QED) is 0.578. The van der Waals surface area contributed by atoms with Crippen molar-refractivity contribution in [3.05, 3.63) is 65.7 Å². The van der Waals surface area contributed by atoms with Crippen LogP contribution in [0, 0.1) is 5.92 Å². The maximum Gasteiger partial charge on any atom is 0.254 e. The first-order valence-electron chi connectivity index (χ1n) is 11.3. The van der Waals surface area contributed by atoms with Crippen LogP contribution in [0.5, 0.6) is 5.75 Å². The summed E-state index contributed by atoms with van der Waals surface area (Å²) in [6.07, 6.45) is 0.789. The topological polar surface area (TPSA) is 82.7 Å². The van der Waals surface area contributed by atoms with E-state index in [9.17, 15) is 9.59 Å². The molecule has 2 saturated heterocycles. The number of hydrogen-bond donors (Lipinski definition) is 3.